The Hall–Kier alpha value is -1.22. The minimum atomic E-state index is 0.838. The van der Waals surface area contributed by atoms with Crippen LogP contribution in [-0.4, -0.2) is 25.1 Å². The van der Waals surface area contributed by atoms with Gasteiger partial charge in [0.25, 0.3) is 0 Å². The first kappa shape index (κ1) is 11.3. The summed E-state index contributed by atoms with van der Waals surface area (Å²) in [6, 6.07) is 5.87. The van der Waals surface area contributed by atoms with E-state index in [0.717, 1.165) is 23.5 Å². The number of nitrogens with two attached hydrogens (primary N) is 1. The SMILES string of the molecule is COc1cccc(N)c1CN1CCCCC1. The molecule has 1 aromatic rings. The summed E-state index contributed by atoms with van der Waals surface area (Å²) >= 11 is 0. The Morgan fingerprint density at radius 3 is 2.69 bits per heavy atom. The van der Waals surface area contributed by atoms with Crippen molar-refractivity contribution in [2.24, 2.45) is 0 Å². The molecular formula is C13H20N2O. The molecule has 3 nitrogen and oxygen atoms in total. The monoisotopic (exact) mass is 220 g/mol. The average Bonchev–Trinajstić information content (AvgIpc) is 2.33. The Morgan fingerprint density at radius 2 is 2.00 bits per heavy atom. The highest BCUT2D eigenvalue weighted by atomic mass is 16.5. The fourth-order valence-electron chi connectivity index (χ4n) is 2.28. The molecule has 3 heteroatoms. The van der Waals surface area contributed by atoms with Gasteiger partial charge in [0.1, 0.15) is 5.75 Å². The van der Waals surface area contributed by atoms with Crippen LogP contribution in [0.3, 0.4) is 0 Å². The molecule has 0 aromatic heterocycles. The fraction of sp³-hybridized carbons (Fsp3) is 0.538. The molecule has 0 spiro atoms. The van der Waals surface area contributed by atoms with Gasteiger partial charge in [-0.3, -0.25) is 4.90 Å². The minimum absolute atomic E-state index is 0.838. The molecule has 1 heterocycles. The predicted octanol–water partition coefficient (Wildman–Crippen LogP) is 2.26. The highest BCUT2D eigenvalue weighted by Gasteiger charge is 2.14. The van der Waals surface area contributed by atoms with E-state index in [1.807, 2.05) is 18.2 Å². The average molecular weight is 220 g/mol. The number of nitrogens with zero attached hydrogens (tertiary/aromatic N) is 1. The lowest BCUT2D eigenvalue weighted by molar-refractivity contribution is 0.218. The number of likely N-dealkylation sites (tertiary alicyclic amines) is 1. The van der Waals surface area contributed by atoms with Crippen molar-refractivity contribution in [3.05, 3.63) is 23.8 Å². The van der Waals surface area contributed by atoms with Crippen molar-refractivity contribution in [3.8, 4) is 5.75 Å². The summed E-state index contributed by atoms with van der Waals surface area (Å²) in [7, 11) is 1.70. The van der Waals surface area contributed by atoms with Crippen LogP contribution in [-0.2, 0) is 6.54 Å². The number of piperidine rings is 1. The minimum Gasteiger partial charge on any atom is -0.496 e. The number of ether oxygens (including phenoxy) is 1. The molecule has 1 fully saturated rings. The van der Waals surface area contributed by atoms with E-state index in [1.54, 1.807) is 7.11 Å². The summed E-state index contributed by atoms with van der Waals surface area (Å²) in [6.45, 7) is 3.27. The molecule has 0 amide bonds. The molecule has 16 heavy (non-hydrogen) atoms. The second-order valence-corrected chi connectivity index (χ2v) is 4.36. The fourth-order valence-corrected chi connectivity index (χ4v) is 2.28. The zero-order valence-corrected chi connectivity index (χ0v) is 9.91. The van der Waals surface area contributed by atoms with Gasteiger partial charge >= 0.3 is 0 Å². The number of anilines is 1. The number of rotatable bonds is 3. The standard InChI is InChI=1S/C13H20N2O/c1-16-13-7-5-6-12(14)11(13)10-15-8-3-2-4-9-15/h5-7H,2-4,8-10,14H2,1H3. The van der Waals surface area contributed by atoms with Crippen molar-refractivity contribution in [1.82, 2.24) is 4.90 Å². The molecule has 88 valence electrons. The van der Waals surface area contributed by atoms with E-state index in [1.165, 1.54) is 32.4 Å². The van der Waals surface area contributed by atoms with Crippen LogP contribution in [0, 0.1) is 0 Å². The van der Waals surface area contributed by atoms with E-state index in [-0.39, 0.29) is 0 Å². The van der Waals surface area contributed by atoms with Crippen LogP contribution in [0.15, 0.2) is 18.2 Å². The smallest absolute Gasteiger partial charge is 0.125 e. The molecular weight excluding hydrogens is 200 g/mol. The van der Waals surface area contributed by atoms with Gasteiger partial charge in [-0.2, -0.15) is 0 Å². The number of hydrogen-bond donors (Lipinski definition) is 1. The third-order valence-corrected chi connectivity index (χ3v) is 3.22. The first-order valence-electron chi connectivity index (χ1n) is 5.95. The largest absolute Gasteiger partial charge is 0.496 e. The van der Waals surface area contributed by atoms with Crippen LogP contribution < -0.4 is 10.5 Å². The normalized spacial score (nSPS) is 17.3. The topological polar surface area (TPSA) is 38.5 Å². The summed E-state index contributed by atoms with van der Waals surface area (Å²) in [5.74, 6) is 0.908. The van der Waals surface area contributed by atoms with Crippen molar-refractivity contribution >= 4 is 5.69 Å². The third-order valence-electron chi connectivity index (χ3n) is 3.22. The van der Waals surface area contributed by atoms with Gasteiger partial charge < -0.3 is 10.5 Å². The van der Waals surface area contributed by atoms with Gasteiger partial charge in [0.2, 0.25) is 0 Å². The molecule has 0 bridgehead atoms. The highest BCUT2D eigenvalue weighted by molar-refractivity contribution is 5.54. The Balaban J connectivity index is 2.12. The van der Waals surface area contributed by atoms with Crippen molar-refractivity contribution < 1.29 is 4.74 Å². The number of benzene rings is 1. The second-order valence-electron chi connectivity index (χ2n) is 4.36. The van der Waals surface area contributed by atoms with E-state index >= 15 is 0 Å². The maximum Gasteiger partial charge on any atom is 0.125 e. The molecule has 1 aromatic carbocycles. The van der Waals surface area contributed by atoms with Gasteiger partial charge in [-0.15, -0.1) is 0 Å². The van der Waals surface area contributed by atoms with Gasteiger partial charge in [-0.05, 0) is 38.1 Å². The van der Waals surface area contributed by atoms with Gasteiger partial charge in [-0.25, -0.2) is 0 Å². The van der Waals surface area contributed by atoms with Gasteiger partial charge in [0.15, 0.2) is 0 Å². The zero-order valence-electron chi connectivity index (χ0n) is 9.91. The lowest BCUT2D eigenvalue weighted by atomic mass is 10.1. The summed E-state index contributed by atoms with van der Waals surface area (Å²) in [5.41, 5.74) is 7.98. The summed E-state index contributed by atoms with van der Waals surface area (Å²) in [4.78, 5) is 2.46. The van der Waals surface area contributed by atoms with Crippen LogP contribution in [0.1, 0.15) is 24.8 Å². The number of hydrogen-bond acceptors (Lipinski definition) is 3. The van der Waals surface area contributed by atoms with E-state index in [9.17, 15) is 0 Å². The quantitative estimate of drug-likeness (QED) is 0.794. The number of methoxy groups -OCH3 is 1. The molecule has 1 aliphatic rings. The molecule has 2 N–H and O–H groups in total. The first-order valence-corrected chi connectivity index (χ1v) is 5.95. The summed E-state index contributed by atoms with van der Waals surface area (Å²) < 4.78 is 5.36. The first-order chi connectivity index (χ1) is 7.81. The molecule has 0 aliphatic carbocycles. The Kier molecular flexibility index (Phi) is 3.67. The second kappa shape index (κ2) is 5.21. The van der Waals surface area contributed by atoms with Gasteiger partial charge in [-0.1, -0.05) is 12.5 Å². The van der Waals surface area contributed by atoms with Crippen LogP contribution in [0.2, 0.25) is 0 Å². The van der Waals surface area contributed by atoms with Gasteiger partial charge in [0.05, 0.1) is 7.11 Å². The highest BCUT2D eigenvalue weighted by Crippen LogP contribution is 2.26. The molecule has 1 aliphatic heterocycles. The van der Waals surface area contributed by atoms with Crippen molar-refractivity contribution in [1.29, 1.82) is 0 Å². The van der Waals surface area contributed by atoms with E-state index in [0.29, 0.717) is 0 Å². The van der Waals surface area contributed by atoms with Crippen molar-refractivity contribution in [2.45, 2.75) is 25.8 Å². The van der Waals surface area contributed by atoms with E-state index in [4.69, 9.17) is 10.5 Å². The summed E-state index contributed by atoms with van der Waals surface area (Å²) in [6.07, 6.45) is 3.96. The van der Waals surface area contributed by atoms with E-state index in [2.05, 4.69) is 4.90 Å². The van der Waals surface area contributed by atoms with Crippen LogP contribution in [0.25, 0.3) is 0 Å². The lowest BCUT2D eigenvalue weighted by Crippen LogP contribution is -2.29. The Morgan fingerprint density at radius 1 is 1.25 bits per heavy atom. The van der Waals surface area contributed by atoms with Crippen molar-refractivity contribution in [2.75, 3.05) is 25.9 Å². The van der Waals surface area contributed by atoms with Crippen LogP contribution >= 0.6 is 0 Å². The van der Waals surface area contributed by atoms with Crippen LogP contribution in [0.4, 0.5) is 5.69 Å². The van der Waals surface area contributed by atoms with Crippen LogP contribution in [0.5, 0.6) is 5.75 Å². The molecule has 0 atom stereocenters. The predicted molar refractivity (Wildman–Crippen MR) is 66.5 cm³/mol. The molecule has 0 saturated carbocycles. The molecule has 1 saturated heterocycles. The molecule has 0 unspecified atom stereocenters. The van der Waals surface area contributed by atoms with Gasteiger partial charge in [0, 0.05) is 17.8 Å². The number of nitrogen functional groups attached to an aromatic ring is 1. The summed E-state index contributed by atoms with van der Waals surface area (Å²) in [5, 5.41) is 0. The lowest BCUT2D eigenvalue weighted by Gasteiger charge is -2.27. The maximum atomic E-state index is 6.01. The zero-order chi connectivity index (χ0) is 11.4. The third kappa shape index (κ3) is 2.47. The van der Waals surface area contributed by atoms with E-state index < -0.39 is 0 Å². The Bertz CT molecular complexity index is 346. The molecule has 0 radical (unpaired) electrons. The maximum absolute atomic E-state index is 6.01. The van der Waals surface area contributed by atoms with Crippen molar-refractivity contribution in [3.63, 3.8) is 0 Å². The molecule has 2 rings (SSSR count). The Labute approximate surface area is 97.2 Å².